The second-order valence-corrected chi connectivity index (χ2v) is 0. The van der Waals surface area contributed by atoms with Gasteiger partial charge in [-0.2, -0.15) is 0 Å². The van der Waals surface area contributed by atoms with E-state index in [2.05, 4.69) is 0 Å². The molecule has 0 aromatic carbocycles. The van der Waals surface area contributed by atoms with Crippen LogP contribution in [-0.4, -0.2) is 0 Å². The summed E-state index contributed by atoms with van der Waals surface area (Å²) in [6.07, 6.45) is 0. The van der Waals surface area contributed by atoms with E-state index in [1.54, 1.807) is 0 Å². The molecule has 0 saturated carbocycles. The molecule has 0 aromatic heterocycles. The standard InChI is InChI=1S/Co.HI.2NO/c;;2*1-2/h;1H;;/q+2;;2*-1. The van der Waals surface area contributed by atoms with E-state index in [0.717, 1.165) is 0 Å². The van der Waals surface area contributed by atoms with Gasteiger partial charge in [-0.05, 0) is 0 Å². The molecule has 1 radical (unpaired) electrons. The first-order valence-corrected chi connectivity index (χ1v) is 0.365. The molecule has 0 rings (SSSR count). The summed E-state index contributed by atoms with van der Waals surface area (Å²) in [5.41, 5.74) is 11.5. The predicted octanol–water partition coefficient (Wildman–Crippen LogP) is 1.26. The van der Waals surface area contributed by atoms with Crippen molar-refractivity contribution in [3.8, 4) is 0 Å². The van der Waals surface area contributed by atoms with Gasteiger partial charge in [-0.3, -0.25) is 0 Å². The average Bonchev–Trinajstić information content (AvgIpc) is 1.50. The zero-order chi connectivity index (χ0) is 4.00. The Balaban J connectivity index is -0.00000000500. The van der Waals surface area contributed by atoms with Gasteiger partial charge >= 0.3 is 16.8 Å². The van der Waals surface area contributed by atoms with Gasteiger partial charge in [-0.1, -0.05) is 0 Å². The van der Waals surface area contributed by atoms with E-state index >= 15 is 0 Å². The van der Waals surface area contributed by atoms with Crippen LogP contribution in [0.15, 0.2) is 0 Å². The Labute approximate surface area is 61.8 Å². The Morgan fingerprint density at radius 1 is 0.833 bits per heavy atom. The fraction of sp³-hybridized carbons (Fsp3) is 0. The van der Waals surface area contributed by atoms with E-state index in [4.69, 9.17) is 21.0 Å². The van der Waals surface area contributed by atoms with Gasteiger partial charge < -0.3 is 21.0 Å². The fourth-order valence-electron chi connectivity index (χ4n) is 0. The molecule has 0 unspecified atom stereocenters. The third-order valence-corrected chi connectivity index (χ3v) is 0. The van der Waals surface area contributed by atoms with Crippen molar-refractivity contribution in [3.05, 3.63) is 21.0 Å². The summed E-state index contributed by atoms with van der Waals surface area (Å²) in [5.74, 6) is 0. The number of halogens is 1. The smallest absolute Gasteiger partial charge is 0.577 e. The molecule has 0 saturated heterocycles. The van der Waals surface area contributed by atoms with Crippen molar-refractivity contribution in [1.29, 1.82) is 0 Å². The van der Waals surface area contributed by atoms with E-state index in [9.17, 15) is 0 Å². The third kappa shape index (κ3) is 275. The molecule has 0 aliphatic carbocycles. The second kappa shape index (κ2) is 562. The van der Waals surface area contributed by atoms with Crippen molar-refractivity contribution < 1.29 is 16.8 Å². The topological polar surface area (TPSA) is 78.7 Å². The first-order valence-electron chi connectivity index (χ1n) is 0.365. The molecule has 0 aliphatic rings. The monoisotopic (exact) mass is 247 g/mol. The minimum atomic E-state index is 0. The molecule has 6 heavy (non-hydrogen) atoms. The summed E-state index contributed by atoms with van der Waals surface area (Å²) >= 11 is 0. The molecule has 39 valence electrons. The summed E-state index contributed by atoms with van der Waals surface area (Å²) in [6.45, 7) is 0. The Kier molecular flexibility index (Phi) is 3000. The minimum Gasteiger partial charge on any atom is -0.577 e. The van der Waals surface area contributed by atoms with E-state index < -0.39 is 0 Å². The summed E-state index contributed by atoms with van der Waals surface area (Å²) in [4.78, 5) is 14.5. The predicted molar refractivity (Wildman–Crippen MR) is 28.9 cm³/mol. The molecule has 0 fully saturated rings. The molecule has 0 aliphatic heterocycles. The molecule has 6 heteroatoms. The SMILES string of the molecule is I.[Co+2].[N-]=O.[N-]=O. The van der Waals surface area contributed by atoms with Crippen molar-refractivity contribution in [1.82, 2.24) is 0 Å². The van der Waals surface area contributed by atoms with Gasteiger partial charge in [0.15, 0.2) is 0 Å². The van der Waals surface area contributed by atoms with E-state index in [0.29, 0.717) is 0 Å². The van der Waals surface area contributed by atoms with Gasteiger partial charge in [0.25, 0.3) is 0 Å². The Bertz CT molecular complexity index is 13.5. The van der Waals surface area contributed by atoms with Crippen LogP contribution in [0.4, 0.5) is 0 Å². The first kappa shape index (κ1) is 32.0. The maximum atomic E-state index is 7.25. The maximum absolute atomic E-state index is 7.25. The first-order chi connectivity index (χ1) is 2.00. The third-order valence-electron chi connectivity index (χ3n) is 0. The van der Waals surface area contributed by atoms with Crippen LogP contribution in [0.25, 0.3) is 11.2 Å². The summed E-state index contributed by atoms with van der Waals surface area (Å²) in [6, 6.07) is 0. The van der Waals surface area contributed by atoms with Crippen molar-refractivity contribution in [3.63, 3.8) is 0 Å². The van der Waals surface area contributed by atoms with Gasteiger partial charge in [0.2, 0.25) is 0 Å². The van der Waals surface area contributed by atoms with Crippen LogP contribution in [-0.2, 0) is 16.8 Å². The second-order valence-electron chi connectivity index (χ2n) is 0. The van der Waals surface area contributed by atoms with Crippen LogP contribution < -0.4 is 0 Å². The Morgan fingerprint density at radius 3 is 0.833 bits per heavy atom. The van der Waals surface area contributed by atoms with E-state index in [1.807, 2.05) is 0 Å². The van der Waals surface area contributed by atoms with Gasteiger partial charge in [-0.25, -0.2) is 0 Å². The molecule has 0 aromatic rings. The maximum Gasteiger partial charge on any atom is 2.00 e. The normalized spacial score (nSPS) is 1.33. The molecule has 0 bridgehead atoms. The summed E-state index contributed by atoms with van der Waals surface area (Å²) < 4.78 is 0. The van der Waals surface area contributed by atoms with E-state index in [-0.39, 0.29) is 40.8 Å². The Hall–Kier alpha value is 0.436. The molecule has 0 spiro atoms. The Morgan fingerprint density at radius 2 is 0.833 bits per heavy atom. The molecular formula is HCoIN2O2. The summed E-state index contributed by atoms with van der Waals surface area (Å²) in [5, 5.41) is 0. The molecule has 0 heterocycles. The largest absolute Gasteiger partial charge is 2.00 e. The zero-order valence-electron chi connectivity index (χ0n) is 2.45. The van der Waals surface area contributed by atoms with Gasteiger partial charge in [0, 0.05) is 0 Å². The zero-order valence-corrected chi connectivity index (χ0v) is 5.82. The van der Waals surface area contributed by atoms with Crippen LogP contribution in [0.1, 0.15) is 0 Å². The number of hydrogen-bond acceptors (Lipinski definition) is 2. The van der Waals surface area contributed by atoms with Gasteiger partial charge in [0.1, 0.15) is 0 Å². The van der Waals surface area contributed by atoms with Crippen LogP contribution in [0.5, 0.6) is 0 Å². The summed E-state index contributed by atoms with van der Waals surface area (Å²) in [7, 11) is 0. The van der Waals surface area contributed by atoms with E-state index in [1.165, 1.54) is 0 Å². The average molecular weight is 247 g/mol. The quantitative estimate of drug-likeness (QED) is 0.604. The molecular weight excluding hydrogens is 246 g/mol. The van der Waals surface area contributed by atoms with Crippen LogP contribution >= 0.6 is 24.0 Å². The molecule has 4 nitrogen and oxygen atoms in total. The fourth-order valence-corrected chi connectivity index (χ4v) is 0. The van der Waals surface area contributed by atoms with Crippen LogP contribution in [0.3, 0.4) is 0 Å². The van der Waals surface area contributed by atoms with Crippen LogP contribution in [0, 0.1) is 9.81 Å². The number of hydrogen-bond donors (Lipinski definition) is 0. The minimum absolute atomic E-state index is 0. The molecule has 0 atom stereocenters. The van der Waals surface area contributed by atoms with Crippen molar-refractivity contribution in [2.45, 2.75) is 0 Å². The van der Waals surface area contributed by atoms with Crippen LogP contribution in [0.2, 0.25) is 0 Å². The van der Waals surface area contributed by atoms with Crippen molar-refractivity contribution >= 4 is 24.0 Å². The van der Waals surface area contributed by atoms with Crippen molar-refractivity contribution in [2.24, 2.45) is 0 Å². The molecule has 0 N–H and O–H groups in total. The number of rotatable bonds is 0. The number of nitroso groups, excluding NO2 is 2. The van der Waals surface area contributed by atoms with Gasteiger partial charge in [0.05, 0.1) is 0 Å². The molecule has 0 amide bonds. The van der Waals surface area contributed by atoms with Gasteiger partial charge in [-0.15, -0.1) is 24.0 Å². The van der Waals surface area contributed by atoms with Crippen molar-refractivity contribution in [2.75, 3.05) is 0 Å². The number of nitrogens with zero attached hydrogens (tertiary/aromatic N) is 2.